The molecule has 2 saturated heterocycles. The summed E-state index contributed by atoms with van der Waals surface area (Å²) in [5, 5.41) is 21.8. The number of rotatable bonds is 3. The zero-order valence-corrected chi connectivity index (χ0v) is 14.5. The summed E-state index contributed by atoms with van der Waals surface area (Å²) in [4.78, 5) is 12.2. The summed E-state index contributed by atoms with van der Waals surface area (Å²) in [6.45, 7) is 3.74. The molecule has 0 aliphatic carbocycles. The molecule has 3 rings (SSSR count). The highest BCUT2D eigenvalue weighted by Gasteiger charge is 2.58. The Morgan fingerprint density at radius 1 is 1.38 bits per heavy atom. The van der Waals surface area contributed by atoms with Gasteiger partial charge in [0.05, 0.1) is 30.3 Å². The average molecular weight is 342 g/mol. The molecule has 7 heteroatoms. The van der Waals surface area contributed by atoms with Crippen LogP contribution in [0.3, 0.4) is 0 Å². The average Bonchev–Trinajstić information content (AvgIpc) is 2.94. The van der Waals surface area contributed by atoms with Crippen molar-refractivity contribution in [2.24, 2.45) is 11.8 Å². The highest BCUT2D eigenvalue weighted by atomic mass is 16.7. The van der Waals surface area contributed by atoms with E-state index in [4.69, 9.17) is 18.9 Å². The van der Waals surface area contributed by atoms with Gasteiger partial charge in [-0.1, -0.05) is 0 Å². The lowest BCUT2D eigenvalue weighted by Gasteiger charge is -2.34. The van der Waals surface area contributed by atoms with Crippen LogP contribution in [0.5, 0.6) is 0 Å². The third-order valence-corrected chi connectivity index (χ3v) is 5.66. The van der Waals surface area contributed by atoms with Crippen LogP contribution in [0.2, 0.25) is 0 Å². The lowest BCUT2D eigenvalue weighted by molar-refractivity contribution is -0.208. The number of aliphatic hydroxyl groups is 2. The first-order valence-electron chi connectivity index (χ1n) is 8.26. The van der Waals surface area contributed by atoms with Crippen LogP contribution in [-0.4, -0.2) is 66.7 Å². The molecule has 3 heterocycles. The highest BCUT2D eigenvalue weighted by molar-refractivity contribution is 5.76. The van der Waals surface area contributed by atoms with Gasteiger partial charge in [0.2, 0.25) is 0 Å². The Morgan fingerprint density at radius 2 is 2.08 bits per heavy atom. The molecule has 0 saturated carbocycles. The lowest BCUT2D eigenvalue weighted by atomic mass is 9.78. The number of methoxy groups -OCH3 is 2. The standard InChI is InChI=1S/C17H26O7/c1-9-5-12-14(10(8-21-3)15(19)23-12)11(18)6-16(2)13(22-4)7-17(9,20)24-16/h5,10-14,18,20H,6-8H2,1-4H3/b9-5+/t10?,11-,12-,13?,14-,16-,17-/m1/s1. The van der Waals surface area contributed by atoms with Crippen LogP contribution in [-0.2, 0) is 23.7 Å². The Kier molecular flexibility index (Phi) is 4.51. The Labute approximate surface area is 141 Å². The van der Waals surface area contributed by atoms with E-state index in [-0.39, 0.29) is 31.5 Å². The first-order valence-corrected chi connectivity index (χ1v) is 8.26. The third kappa shape index (κ3) is 2.68. The molecular weight excluding hydrogens is 316 g/mol. The number of aliphatic hydroxyl groups excluding tert-OH is 1. The van der Waals surface area contributed by atoms with Crippen molar-refractivity contribution >= 4 is 5.97 Å². The molecule has 24 heavy (non-hydrogen) atoms. The molecule has 2 bridgehead atoms. The molecule has 7 atom stereocenters. The second-order valence-electron chi connectivity index (χ2n) is 7.29. The minimum absolute atomic E-state index is 0.180. The summed E-state index contributed by atoms with van der Waals surface area (Å²) in [5.74, 6) is -2.87. The number of hydrogen-bond acceptors (Lipinski definition) is 7. The summed E-state index contributed by atoms with van der Waals surface area (Å²) in [6, 6.07) is 0. The van der Waals surface area contributed by atoms with E-state index in [1.807, 2.05) is 6.92 Å². The molecule has 7 nitrogen and oxygen atoms in total. The first-order chi connectivity index (χ1) is 11.2. The molecular formula is C17H26O7. The number of carbonyl (C=O) groups excluding carboxylic acids is 1. The largest absolute Gasteiger partial charge is 0.457 e. The molecule has 0 aromatic heterocycles. The first kappa shape index (κ1) is 17.8. The molecule has 0 aromatic carbocycles. The van der Waals surface area contributed by atoms with E-state index in [1.165, 1.54) is 7.11 Å². The molecule has 2 unspecified atom stereocenters. The highest BCUT2D eigenvalue weighted by Crippen LogP contribution is 2.48. The number of hydrogen-bond donors (Lipinski definition) is 2. The number of esters is 1. The maximum absolute atomic E-state index is 12.2. The van der Waals surface area contributed by atoms with Gasteiger partial charge in [-0.05, 0) is 25.5 Å². The second kappa shape index (κ2) is 6.07. The number of fused-ring (bicyclic) bond motifs is 3. The predicted octanol–water partition coefficient (Wildman–Crippen LogP) is 0.384. The number of carbonyl (C=O) groups is 1. The van der Waals surface area contributed by atoms with E-state index in [9.17, 15) is 15.0 Å². The normalized spacial score (nSPS) is 50.3. The van der Waals surface area contributed by atoms with Crippen LogP contribution < -0.4 is 0 Å². The van der Waals surface area contributed by atoms with Gasteiger partial charge in [-0.15, -0.1) is 0 Å². The minimum Gasteiger partial charge on any atom is -0.457 e. The van der Waals surface area contributed by atoms with Crippen LogP contribution in [0.1, 0.15) is 26.7 Å². The monoisotopic (exact) mass is 342 g/mol. The second-order valence-corrected chi connectivity index (χ2v) is 7.29. The molecule has 3 aliphatic heterocycles. The molecule has 0 spiro atoms. The van der Waals surface area contributed by atoms with Gasteiger partial charge >= 0.3 is 5.97 Å². The summed E-state index contributed by atoms with van der Waals surface area (Å²) >= 11 is 0. The third-order valence-electron chi connectivity index (χ3n) is 5.66. The zero-order valence-electron chi connectivity index (χ0n) is 14.5. The summed E-state index contributed by atoms with van der Waals surface area (Å²) in [6.07, 6.45) is 0.356. The molecule has 0 radical (unpaired) electrons. The van der Waals surface area contributed by atoms with Crippen LogP contribution in [0.25, 0.3) is 0 Å². The van der Waals surface area contributed by atoms with Crippen LogP contribution >= 0.6 is 0 Å². The van der Waals surface area contributed by atoms with Crippen LogP contribution in [0.15, 0.2) is 11.6 Å². The number of ether oxygens (including phenoxy) is 4. The topological polar surface area (TPSA) is 94.5 Å². The Hall–Kier alpha value is -0.990. The predicted molar refractivity (Wildman–Crippen MR) is 83.0 cm³/mol. The Bertz CT molecular complexity index is 547. The Balaban J connectivity index is 2.02. The van der Waals surface area contributed by atoms with Gasteiger partial charge in [0.15, 0.2) is 5.79 Å². The van der Waals surface area contributed by atoms with Crippen LogP contribution in [0.4, 0.5) is 0 Å². The van der Waals surface area contributed by atoms with Gasteiger partial charge in [0, 0.05) is 33.0 Å². The van der Waals surface area contributed by atoms with Gasteiger partial charge in [-0.25, -0.2) is 0 Å². The fourth-order valence-corrected chi connectivity index (χ4v) is 4.31. The van der Waals surface area contributed by atoms with Crippen molar-refractivity contribution in [3.05, 3.63) is 11.6 Å². The SMILES string of the molecule is COCC1C(=O)O[C@@H]2/C=C(\C)[C@@]3(O)CC(OC)[C@@](C)(C[C@@H](O)[C@@H]12)O3. The van der Waals surface area contributed by atoms with Crippen molar-refractivity contribution in [2.45, 2.75) is 56.4 Å². The van der Waals surface area contributed by atoms with E-state index in [0.29, 0.717) is 5.57 Å². The van der Waals surface area contributed by atoms with E-state index < -0.39 is 35.4 Å². The van der Waals surface area contributed by atoms with E-state index >= 15 is 0 Å². The fourth-order valence-electron chi connectivity index (χ4n) is 4.31. The zero-order chi connectivity index (χ0) is 17.7. The van der Waals surface area contributed by atoms with Crippen molar-refractivity contribution < 1.29 is 34.0 Å². The van der Waals surface area contributed by atoms with Gasteiger partial charge in [0.25, 0.3) is 0 Å². The summed E-state index contributed by atoms with van der Waals surface area (Å²) in [7, 11) is 3.08. The van der Waals surface area contributed by atoms with Crippen molar-refractivity contribution in [2.75, 3.05) is 20.8 Å². The van der Waals surface area contributed by atoms with Crippen molar-refractivity contribution in [3.63, 3.8) is 0 Å². The van der Waals surface area contributed by atoms with Gasteiger partial charge in [0.1, 0.15) is 6.10 Å². The molecule has 136 valence electrons. The van der Waals surface area contributed by atoms with Gasteiger partial charge < -0.3 is 29.2 Å². The van der Waals surface area contributed by atoms with Gasteiger partial charge in [-0.3, -0.25) is 4.79 Å². The minimum atomic E-state index is -1.49. The van der Waals surface area contributed by atoms with Crippen molar-refractivity contribution in [1.82, 2.24) is 0 Å². The molecule has 0 aromatic rings. The maximum Gasteiger partial charge on any atom is 0.312 e. The fraction of sp³-hybridized carbons (Fsp3) is 0.824. The molecule has 0 amide bonds. The summed E-state index contributed by atoms with van der Waals surface area (Å²) in [5.41, 5.74) is -0.306. The maximum atomic E-state index is 12.2. The van der Waals surface area contributed by atoms with Gasteiger partial charge in [-0.2, -0.15) is 0 Å². The quantitative estimate of drug-likeness (QED) is 0.566. The summed E-state index contributed by atoms with van der Waals surface area (Å²) < 4.78 is 22.0. The van der Waals surface area contributed by atoms with Crippen LogP contribution in [0, 0.1) is 11.8 Å². The van der Waals surface area contributed by atoms with E-state index in [0.717, 1.165) is 0 Å². The molecule has 2 N–H and O–H groups in total. The molecule has 3 aliphatic rings. The smallest absolute Gasteiger partial charge is 0.312 e. The lowest BCUT2D eigenvalue weighted by Crippen LogP contribution is -2.45. The van der Waals surface area contributed by atoms with Crippen molar-refractivity contribution in [1.29, 1.82) is 0 Å². The van der Waals surface area contributed by atoms with E-state index in [1.54, 1.807) is 20.1 Å². The Morgan fingerprint density at radius 3 is 2.71 bits per heavy atom. The van der Waals surface area contributed by atoms with E-state index in [2.05, 4.69) is 0 Å². The molecule has 2 fully saturated rings. The van der Waals surface area contributed by atoms with Crippen molar-refractivity contribution in [3.8, 4) is 0 Å².